The van der Waals surface area contributed by atoms with E-state index in [9.17, 15) is 9.18 Å². The molecule has 1 aromatic rings. The van der Waals surface area contributed by atoms with E-state index in [0.29, 0.717) is 17.7 Å². The van der Waals surface area contributed by atoms with Gasteiger partial charge in [-0.15, -0.1) is 0 Å². The minimum Gasteiger partial charge on any atom is -0.392 e. The van der Waals surface area contributed by atoms with Crippen molar-refractivity contribution in [3.05, 3.63) is 29.3 Å². The third-order valence-electron chi connectivity index (χ3n) is 2.74. The standard InChI is InChI=1S/C12H14FNO2/c1-7-2-3-11(8(4-7)6-15)14-12(16)9-5-10(9)13/h2-4,9-10,15H,5-6H2,1H3,(H,14,16)/t9-,10+/m1/s1. The Morgan fingerprint density at radius 1 is 1.62 bits per heavy atom. The van der Waals surface area contributed by atoms with Crippen LogP contribution in [0.4, 0.5) is 10.1 Å². The Kier molecular flexibility index (Phi) is 2.92. The summed E-state index contributed by atoms with van der Waals surface area (Å²) in [5, 5.41) is 11.8. The van der Waals surface area contributed by atoms with E-state index >= 15 is 0 Å². The topological polar surface area (TPSA) is 49.3 Å². The second-order valence-corrected chi connectivity index (χ2v) is 4.17. The highest BCUT2D eigenvalue weighted by Gasteiger charge is 2.43. The number of hydrogen-bond donors (Lipinski definition) is 2. The van der Waals surface area contributed by atoms with Crippen LogP contribution in [0.2, 0.25) is 0 Å². The number of hydrogen-bond acceptors (Lipinski definition) is 2. The summed E-state index contributed by atoms with van der Waals surface area (Å²) in [6, 6.07) is 5.37. The van der Waals surface area contributed by atoms with E-state index in [2.05, 4.69) is 5.32 Å². The first-order valence-electron chi connectivity index (χ1n) is 5.27. The van der Waals surface area contributed by atoms with Crippen LogP contribution in [0.5, 0.6) is 0 Å². The number of anilines is 1. The molecule has 2 atom stereocenters. The maximum atomic E-state index is 12.7. The van der Waals surface area contributed by atoms with Crippen LogP contribution in [-0.2, 0) is 11.4 Å². The van der Waals surface area contributed by atoms with E-state index < -0.39 is 12.1 Å². The molecule has 4 heteroatoms. The van der Waals surface area contributed by atoms with Crippen molar-refractivity contribution in [2.24, 2.45) is 5.92 Å². The maximum Gasteiger partial charge on any atom is 0.230 e. The van der Waals surface area contributed by atoms with Crippen LogP contribution in [0.3, 0.4) is 0 Å². The van der Waals surface area contributed by atoms with Crippen molar-refractivity contribution in [2.75, 3.05) is 5.32 Å². The van der Waals surface area contributed by atoms with Gasteiger partial charge in [0.25, 0.3) is 0 Å². The molecule has 1 saturated carbocycles. The van der Waals surface area contributed by atoms with Crippen LogP contribution >= 0.6 is 0 Å². The molecular formula is C12H14FNO2. The third-order valence-corrected chi connectivity index (χ3v) is 2.74. The lowest BCUT2D eigenvalue weighted by molar-refractivity contribution is -0.117. The van der Waals surface area contributed by atoms with Crippen molar-refractivity contribution in [3.63, 3.8) is 0 Å². The second-order valence-electron chi connectivity index (χ2n) is 4.17. The molecule has 1 fully saturated rings. The Morgan fingerprint density at radius 3 is 2.88 bits per heavy atom. The molecule has 2 N–H and O–H groups in total. The SMILES string of the molecule is Cc1ccc(NC(=O)[C@@H]2C[C@@H]2F)c(CO)c1. The first-order valence-corrected chi connectivity index (χ1v) is 5.27. The first kappa shape index (κ1) is 11.1. The van der Waals surface area contributed by atoms with Gasteiger partial charge >= 0.3 is 0 Å². The molecule has 0 spiro atoms. The van der Waals surface area contributed by atoms with Crippen molar-refractivity contribution in [1.82, 2.24) is 0 Å². The van der Waals surface area contributed by atoms with E-state index in [4.69, 9.17) is 5.11 Å². The van der Waals surface area contributed by atoms with Crippen LogP contribution in [0.25, 0.3) is 0 Å². The molecule has 86 valence electrons. The zero-order valence-electron chi connectivity index (χ0n) is 9.03. The molecule has 0 heterocycles. The molecule has 0 saturated heterocycles. The zero-order valence-corrected chi connectivity index (χ0v) is 9.03. The lowest BCUT2D eigenvalue weighted by Crippen LogP contribution is -2.16. The summed E-state index contributed by atoms with van der Waals surface area (Å²) in [5.74, 6) is -0.807. The average Bonchev–Trinajstić information content (AvgIpc) is 2.98. The second kappa shape index (κ2) is 4.22. The number of alkyl halides is 1. The summed E-state index contributed by atoms with van der Waals surface area (Å²) in [6.45, 7) is 1.77. The van der Waals surface area contributed by atoms with Gasteiger partial charge in [-0.1, -0.05) is 17.7 Å². The molecule has 1 aromatic carbocycles. The van der Waals surface area contributed by atoms with E-state index in [-0.39, 0.29) is 12.5 Å². The number of aliphatic hydroxyl groups excluding tert-OH is 1. The molecule has 0 radical (unpaired) electrons. The van der Waals surface area contributed by atoms with E-state index in [1.165, 1.54) is 0 Å². The fraction of sp³-hybridized carbons (Fsp3) is 0.417. The average molecular weight is 223 g/mol. The van der Waals surface area contributed by atoms with Crippen molar-refractivity contribution in [3.8, 4) is 0 Å². The Balaban J connectivity index is 2.11. The van der Waals surface area contributed by atoms with Gasteiger partial charge in [0.05, 0.1) is 12.5 Å². The molecule has 1 aliphatic rings. The number of benzene rings is 1. The summed E-state index contributed by atoms with van der Waals surface area (Å²) >= 11 is 0. The molecule has 0 bridgehead atoms. The highest BCUT2D eigenvalue weighted by atomic mass is 19.1. The Labute approximate surface area is 93.3 Å². The highest BCUT2D eigenvalue weighted by Crippen LogP contribution is 2.35. The van der Waals surface area contributed by atoms with Gasteiger partial charge in [0, 0.05) is 11.3 Å². The van der Waals surface area contributed by atoms with Gasteiger partial charge < -0.3 is 10.4 Å². The third kappa shape index (κ3) is 2.22. The van der Waals surface area contributed by atoms with Crippen LogP contribution in [-0.4, -0.2) is 17.2 Å². The van der Waals surface area contributed by atoms with Gasteiger partial charge in [0.1, 0.15) is 6.17 Å². The molecular weight excluding hydrogens is 209 g/mol. The summed E-state index contributed by atoms with van der Waals surface area (Å²) in [7, 11) is 0. The molecule has 1 aliphatic carbocycles. The molecule has 1 amide bonds. The van der Waals surface area contributed by atoms with E-state index in [1.807, 2.05) is 13.0 Å². The Hall–Kier alpha value is -1.42. The van der Waals surface area contributed by atoms with E-state index in [0.717, 1.165) is 5.56 Å². The number of rotatable bonds is 3. The normalized spacial score (nSPS) is 22.9. The number of halogens is 1. The van der Waals surface area contributed by atoms with Gasteiger partial charge in [-0.25, -0.2) is 4.39 Å². The van der Waals surface area contributed by atoms with Gasteiger partial charge in [-0.05, 0) is 19.4 Å². The van der Waals surface area contributed by atoms with Crippen LogP contribution in [0, 0.1) is 12.8 Å². The van der Waals surface area contributed by atoms with Gasteiger partial charge in [-0.2, -0.15) is 0 Å². The monoisotopic (exact) mass is 223 g/mol. The summed E-state index contributed by atoms with van der Waals surface area (Å²) in [5.41, 5.74) is 2.23. The first-order chi connectivity index (χ1) is 7.61. The van der Waals surface area contributed by atoms with Crippen molar-refractivity contribution in [1.29, 1.82) is 0 Å². The molecule has 16 heavy (non-hydrogen) atoms. The van der Waals surface area contributed by atoms with Crippen molar-refractivity contribution < 1.29 is 14.3 Å². The Bertz CT molecular complexity index is 419. The van der Waals surface area contributed by atoms with E-state index in [1.54, 1.807) is 12.1 Å². The molecule has 0 unspecified atom stereocenters. The van der Waals surface area contributed by atoms with Gasteiger partial charge in [0.15, 0.2) is 0 Å². The minimum absolute atomic E-state index is 0.138. The summed E-state index contributed by atoms with van der Waals surface area (Å²) in [6.07, 6.45) is -0.686. The van der Waals surface area contributed by atoms with Crippen molar-refractivity contribution in [2.45, 2.75) is 26.1 Å². The Morgan fingerprint density at radius 2 is 2.31 bits per heavy atom. The fourth-order valence-electron chi connectivity index (χ4n) is 1.64. The predicted molar refractivity (Wildman–Crippen MR) is 58.7 cm³/mol. The van der Waals surface area contributed by atoms with Gasteiger partial charge in [-0.3, -0.25) is 4.79 Å². The fourth-order valence-corrected chi connectivity index (χ4v) is 1.64. The maximum absolute atomic E-state index is 12.7. The number of carbonyl (C=O) groups is 1. The van der Waals surface area contributed by atoms with Gasteiger partial charge in [0.2, 0.25) is 5.91 Å². The van der Waals surface area contributed by atoms with Crippen molar-refractivity contribution >= 4 is 11.6 Å². The molecule has 0 aromatic heterocycles. The predicted octanol–water partition coefficient (Wildman–Crippen LogP) is 1.78. The minimum atomic E-state index is -0.997. The molecule has 3 nitrogen and oxygen atoms in total. The zero-order chi connectivity index (χ0) is 11.7. The molecule has 2 rings (SSSR count). The number of nitrogens with one attached hydrogen (secondary N) is 1. The number of aryl methyl sites for hydroxylation is 1. The number of aliphatic hydroxyl groups is 1. The summed E-state index contributed by atoms with van der Waals surface area (Å²) < 4.78 is 12.7. The number of amides is 1. The largest absolute Gasteiger partial charge is 0.392 e. The smallest absolute Gasteiger partial charge is 0.230 e. The summed E-state index contributed by atoms with van der Waals surface area (Å²) in [4.78, 5) is 11.5. The molecule has 0 aliphatic heterocycles. The lowest BCUT2D eigenvalue weighted by atomic mass is 10.1. The highest BCUT2D eigenvalue weighted by molar-refractivity contribution is 5.95. The lowest BCUT2D eigenvalue weighted by Gasteiger charge is -2.09. The number of carbonyl (C=O) groups excluding carboxylic acids is 1. The van der Waals surface area contributed by atoms with Crippen LogP contribution in [0.1, 0.15) is 17.5 Å². The van der Waals surface area contributed by atoms with Crippen LogP contribution < -0.4 is 5.32 Å². The quantitative estimate of drug-likeness (QED) is 0.820. The van der Waals surface area contributed by atoms with Crippen LogP contribution in [0.15, 0.2) is 18.2 Å².